The van der Waals surface area contributed by atoms with Gasteiger partial charge < -0.3 is 4.90 Å². The van der Waals surface area contributed by atoms with Gasteiger partial charge in [-0.3, -0.25) is 4.79 Å². The van der Waals surface area contributed by atoms with E-state index in [4.69, 9.17) is 9.97 Å². The third-order valence-corrected chi connectivity index (χ3v) is 6.09. The molecule has 6 heteroatoms. The van der Waals surface area contributed by atoms with Crippen molar-refractivity contribution in [2.45, 2.75) is 45.6 Å². The highest BCUT2D eigenvalue weighted by Crippen LogP contribution is 2.26. The molecule has 1 saturated heterocycles. The van der Waals surface area contributed by atoms with Crippen molar-refractivity contribution in [3.05, 3.63) is 57.6 Å². The Bertz CT molecular complexity index is 1080. The number of para-hydroxylation sites is 2. The molecule has 0 bridgehead atoms. The summed E-state index contributed by atoms with van der Waals surface area (Å²) in [6.45, 7) is 4.65. The predicted molar refractivity (Wildman–Crippen MR) is 110 cm³/mol. The molecule has 0 atom stereocenters. The second-order valence-electron chi connectivity index (χ2n) is 8.04. The molecule has 0 spiro atoms. The molecule has 5 rings (SSSR count). The number of nitrogens with zero attached hydrogens (tertiary/aromatic N) is 5. The summed E-state index contributed by atoms with van der Waals surface area (Å²) < 4.78 is 1.70. The Kier molecular flexibility index (Phi) is 4.34. The molecule has 3 heterocycles. The summed E-state index contributed by atoms with van der Waals surface area (Å²) in [4.78, 5) is 24.3. The van der Waals surface area contributed by atoms with Gasteiger partial charge in [0.2, 0.25) is 0 Å². The monoisotopic (exact) mass is 375 g/mol. The normalized spacial score (nSPS) is 17.2. The van der Waals surface area contributed by atoms with Crippen LogP contribution < -0.4 is 10.5 Å². The number of aryl methyl sites for hydroxylation is 3. The second-order valence-corrected chi connectivity index (χ2v) is 8.04. The first-order chi connectivity index (χ1) is 13.7. The number of rotatable bonds is 3. The van der Waals surface area contributed by atoms with Gasteiger partial charge in [0.15, 0.2) is 5.82 Å². The number of hydrogen-bond acceptors (Lipinski definition) is 5. The van der Waals surface area contributed by atoms with Gasteiger partial charge in [0, 0.05) is 25.7 Å². The first-order valence-electron chi connectivity index (χ1n) is 10.3. The molecule has 0 amide bonds. The highest BCUT2D eigenvalue weighted by molar-refractivity contribution is 5.76. The van der Waals surface area contributed by atoms with Gasteiger partial charge in [0.25, 0.3) is 5.56 Å². The molecule has 2 aromatic heterocycles. The summed E-state index contributed by atoms with van der Waals surface area (Å²) in [5.41, 5.74) is 5.20. The van der Waals surface area contributed by atoms with Gasteiger partial charge in [-0.05, 0) is 62.6 Å². The summed E-state index contributed by atoms with van der Waals surface area (Å²) in [6.07, 6.45) is 5.21. The summed E-state index contributed by atoms with van der Waals surface area (Å²) in [5, 5.41) is 4.64. The van der Waals surface area contributed by atoms with Crippen molar-refractivity contribution in [1.29, 1.82) is 0 Å². The average Bonchev–Trinajstić information content (AvgIpc) is 3.15. The zero-order valence-electron chi connectivity index (χ0n) is 16.3. The molecule has 144 valence electrons. The lowest BCUT2D eigenvalue weighted by atomic mass is 9.96. The van der Waals surface area contributed by atoms with Crippen LogP contribution in [-0.2, 0) is 19.4 Å². The SMILES string of the molecule is Cc1nc2ccccc2nc1N1CCC(Cn2nc3c(cc2=O)CCC3)CC1. The van der Waals surface area contributed by atoms with E-state index in [-0.39, 0.29) is 5.56 Å². The molecular formula is C22H25N5O. The average molecular weight is 375 g/mol. The van der Waals surface area contributed by atoms with Gasteiger partial charge in [-0.1, -0.05) is 12.1 Å². The summed E-state index contributed by atoms with van der Waals surface area (Å²) in [6, 6.07) is 9.83. The number of aromatic nitrogens is 4. The van der Waals surface area contributed by atoms with Crippen LogP contribution in [0.3, 0.4) is 0 Å². The molecule has 2 aliphatic rings. The van der Waals surface area contributed by atoms with Gasteiger partial charge in [0.05, 0.1) is 22.4 Å². The molecule has 1 aliphatic heterocycles. The zero-order chi connectivity index (χ0) is 19.1. The largest absolute Gasteiger partial charge is 0.355 e. The van der Waals surface area contributed by atoms with E-state index in [0.717, 1.165) is 85.5 Å². The Balaban J connectivity index is 1.29. The van der Waals surface area contributed by atoms with E-state index in [0.29, 0.717) is 5.92 Å². The van der Waals surface area contributed by atoms with Crippen molar-refractivity contribution in [1.82, 2.24) is 19.7 Å². The van der Waals surface area contributed by atoms with Crippen LogP contribution in [-0.4, -0.2) is 32.8 Å². The van der Waals surface area contributed by atoms with Crippen molar-refractivity contribution in [2.24, 2.45) is 5.92 Å². The van der Waals surface area contributed by atoms with E-state index in [9.17, 15) is 4.79 Å². The first kappa shape index (κ1) is 17.3. The second kappa shape index (κ2) is 7.00. The molecule has 0 radical (unpaired) electrons. The van der Waals surface area contributed by atoms with Crippen LogP contribution in [0.2, 0.25) is 0 Å². The van der Waals surface area contributed by atoms with E-state index < -0.39 is 0 Å². The summed E-state index contributed by atoms with van der Waals surface area (Å²) in [7, 11) is 0. The minimum atomic E-state index is 0.0549. The van der Waals surface area contributed by atoms with Gasteiger partial charge in [-0.2, -0.15) is 5.10 Å². The van der Waals surface area contributed by atoms with Gasteiger partial charge >= 0.3 is 0 Å². The zero-order valence-corrected chi connectivity index (χ0v) is 16.3. The van der Waals surface area contributed by atoms with Crippen LogP contribution in [0.4, 0.5) is 5.82 Å². The van der Waals surface area contributed by atoms with E-state index in [2.05, 4.69) is 10.00 Å². The Morgan fingerprint density at radius 3 is 2.61 bits per heavy atom. The van der Waals surface area contributed by atoms with E-state index >= 15 is 0 Å². The highest BCUT2D eigenvalue weighted by Gasteiger charge is 2.24. The molecule has 6 nitrogen and oxygen atoms in total. The lowest BCUT2D eigenvalue weighted by Gasteiger charge is -2.33. The Morgan fingerprint density at radius 2 is 1.82 bits per heavy atom. The number of piperidine rings is 1. The smallest absolute Gasteiger partial charge is 0.267 e. The number of benzene rings is 1. The minimum Gasteiger partial charge on any atom is -0.355 e. The molecule has 0 unspecified atom stereocenters. The van der Waals surface area contributed by atoms with Crippen LogP contribution in [0.25, 0.3) is 11.0 Å². The van der Waals surface area contributed by atoms with Gasteiger partial charge in [0.1, 0.15) is 0 Å². The van der Waals surface area contributed by atoms with Crippen molar-refractivity contribution in [3.63, 3.8) is 0 Å². The van der Waals surface area contributed by atoms with Crippen LogP contribution in [0.1, 0.15) is 36.2 Å². The standard InChI is InChI=1S/C22H25N5O/c1-15-22(24-20-7-3-2-6-19(20)23-15)26-11-9-16(10-12-26)14-27-21(28)13-17-5-4-8-18(17)25-27/h2-3,6-7,13,16H,4-5,8-12,14H2,1H3. The third kappa shape index (κ3) is 3.17. The molecule has 1 aliphatic carbocycles. The highest BCUT2D eigenvalue weighted by atomic mass is 16.1. The minimum absolute atomic E-state index is 0.0549. The van der Waals surface area contributed by atoms with E-state index in [1.165, 1.54) is 0 Å². The maximum absolute atomic E-state index is 12.4. The van der Waals surface area contributed by atoms with Crippen molar-refractivity contribution in [3.8, 4) is 0 Å². The summed E-state index contributed by atoms with van der Waals surface area (Å²) >= 11 is 0. The Hall–Kier alpha value is -2.76. The van der Waals surface area contributed by atoms with Crippen LogP contribution in [0, 0.1) is 12.8 Å². The molecule has 28 heavy (non-hydrogen) atoms. The maximum Gasteiger partial charge on any atom is 0.267 e. The van der Waals surface area contributed by atoms with Crippen LogP contribution in [0.5, 0.6) is 0 Å². The topological polar surface area (TPSA) is 63.9 Å². The maximum atomic E-state index is 12.4. The van der Waals surface area contributed by atoms with E-state index in [1.54, 1.807) is 10.7 Å². The number of fused-ring (bicyclic) bond motifs is 2. The molecular weight excluding hydrogens is 350 g/mol. The fraction of sp³-hybridized carbons (Fsp3) is 0.455. The Labute approximate surface area is 164 Å². The number of anilines is 1. The van der Waals surface area contributed by atoms with Crippen molar-refractivity contribution < 1.29 is 0 Å². The van der Waals surface area contributed by atoms with Crippen LogP contribution in [0.15, 0.2) is 35.1 Å². The van der Waals surface area contributed by atoms with Crippen molar-refractivity contribution in [2.75, 3.05) is 18.0 Å². The van der Waals surface area contributed by atoms with Gasteiger partial charge in [-0.25, -0.2) is 14.6 Å². The van der Waals surface area contributed by atoms with Crippen molar-refractivity contribution >= 4 is 16.9 Å². The quantitative estimate of drug-likeness (QED) is 0.704. The third-order valence-electron chi connectivity index (χ3n) is 6.09. The lowest BCUT2D eigenvalue weighted by molar-refractivity contribution is 0.333. The predicted octanol–water partition coefficient (Wildman–Crippen LogP) is 2.90. The molecule has 3 aromatic rings. The first-order valence-corrected chi connectivity index (χ1v) is 10.3. The molecule has 0 saturated carbocycles. The lowest BCUT2D eigenvalue weighted by Crippen LogP contribution is -2.38. The molecule has 0 N–H and O–H groups in total. The fourth-order valence-corrected chi connectivity index (χ4v) is 4.52. The van der Waals surface area contributed by atoms with E-state index in [1.807, 2.05) is 31.2 Å². The molecule has 1 aromatic carbocycles. The molecule has 1 fully saturated rings. The summed E-state index contributed by atoms with van der Waals surface area (Å²) in [5.74, 6) is 1.47. The fourth-order valence-electron chi connectivity index (χ4n) is 4.52. The van der Waals surface area contributed by atoms with Crippen LogP contribution >= 0.6 is 0 Å². The number of hydrogen-bond donors (Lipinski definition) is 0. The Morgan fingerprint density at radius 1 is 1.07 bits per heavy atom. The van der Waals surface area contributed by atoms with Gasteiger partial charge in [-0.15, -0.1) is 0 Å².